The maximum absolute atomic E-state index is 12.9. The highest BCUT2D eigenvalue weighted by Gasteiger charge is 2.54. The van der Waals surface area contributed by atoms with Crippen molar-refractivity contribution in [2.75, 3.05) is 4.90 Å². The Balaban J connectivity index is 1.94. The molecule has 24 heavy (non-hydrogen) atoms. The van der Waals surface area contributed by atoms with Crippen LogP contribution in [0.5, 0.6) is 0 Å². The van der Waals surface area contributed by atoms with Gasteiger partial charge in [0.25, 0.3) is 11.1 Å². The second-order valence-electron chi connectivity index (χ2n) is 5.55. The van der Waals surface area contributed by atoms with E-state index < -0.39 is 17.6 Å². The first kappa shape index (κ1) is 17.2. The van der Waals surface area contributed by atoms with E-state index in [0.29, 0.717) is 21.3 Å². The van der Waals surface area contributed by atoms with Gasteiger partial charge in [-0.3, -0.25) is 4.79 Å². The molecule has 1 fully saturated rings. The summed E-state index contributed by atoms with van der Waals surface area (Å²) in [7, 11) is 0. The average Bonchev–Trinajstić information content (AvgIpc) is 2.79. The van der Waals surface area contributed by atoms with Crippen molar-refractivity contribution in [2.45, 2.75) is 18.6 Å². The number of aliphatic hydroxyl groups is 1. The first-order chi connectivity index (χ1) is 11.3. The number of aliphatic hydroxyl groups excluding tert-OH is 1. The number of carbonyl (C=O) groups is 1. The van der Waals surface area contributed by atoms with Gasteiger partial charge in [0.05, 0.1) is 5.69 Å². The van der Waals surface area contributed by atoms with Crippen molar-refractivity contribution in [1.29, 1.82) is 0 Å². The third-order valence-electron chi connectivity index (χ3n) is 3.90. The number of anilines is 1. The maximum atomic E-state index is 12.9. The van der Waals surface area contributed by atoms with Crippen molar-refractivity contribution in [3.05, 3.63) is 64.1 Å². The molecule has 124 valence electrons. The highest BCUT2D eigenvalue weighted by atomic mass is 35.5. The van der Waals surface area contributed by atoms with Gasteiger partial charge in [0.1, 0.15) is 6.10 Å². The third-order valence-corrected chi connectivity index (χ3v) is 4.67. The largest absolute Gasteiger partial charge is 0.451 e. The Morgan fingerprint density at radius 3 is 2.12 bits per heavy atom. The molecule has 1 heterocycles. The summed E-state index contributed by atoms with van der Waals surface area (Å²) >= 11 is 16.9. The van der Waals surface area contributed by atoms with Crippen LogP contribution in [0, 0.1) is 0 Å². The molecule has 1 aliphatic rings. The predicted molar refractivity (Wildman–Crippen MR) is 97.4 cm³/mol. The van der Waals surface area contributed by atoms with Crippen LogP contribution < -0.4 is 4.90 Å². The molecule has 0 spiro atoms. The molecule has 3 rings (SSSR count). The number of amides is 1. The topological polar surface area (TPSA) is 49.8 Å². The SMILES string of the molecule is CC1(C(O)c2ccc(Cl)cc2)OC(=S)N(c2ccc(Cl)cc2)C1=O. The Bertz CT molecular complexity index is 794. The summed E-state index contributed by atoms with van der Waals surface area (Å²) in [6.07, 6.45) is -1.20. The van der Waals surface area contributed by atoms with Gasteiger partial charge in [0.2, 0.25) is 5.60 Å². The number of hydrogen-bond donors (Lipinski definition) is 1. The number of ether oxygens (including phenoxy) is 1. The lowest BCUT2D eigenvalue weighted by atomic mass is 9.92. The number of rotatable bonds is 3. The monoisotopic (exact) mass is 381 g/mol. The molecule has 2 aromatic carbocycles. The third kappa shape index (κ3) is 2.89. The van der Waals surface area contributed by atoms with Gasteiger partial charge in [0, 0.05) is 10.0 Å². The summed E-state index contributed by atoms with van der Waals surface area (Å²) in [6, 6.07) is 13.2. The van der Waals surface area contributed by atoms with Crippen molar-refractivity contribution in [3.63, 3.8) is 0 Å². The fourth-order valence-corrected chi connectivity index (χ4v) is 3.14. The second-order valence-corrected chi connectivity index (χ2v) is 6.77. The van der Waals surface area contributed by atoms with E-state index >= 15 is 0 Å². The zero-order valence-corrected chi connectivity index (χ0v) is 14.9. The van der Waals surface area contributed by atoms with Crippen LogP contribution in [0.15, 0.2) is 48.5 Å². The van der Waals surface area contributed by atoms with E-state index in [4.69, 9.17) is 40.2 Å². The van der Waals surface area contributed by atoms with E-state index in [1.165, 1.54) is 11.8 Å². The van der Waals surface area contributed by atoms with Gasteiger partial charge in [-0.1, -0.05) is 35.3 Å². The summed E-state index contributed by atoms with van der Waals surface area (Å²) < 4.78 is 5.60. The molecule has 0 aromatic heterocycles. The number of benzene rings is 2. The van der Waals surface area contributed by atoms with Crippen LogP contribution in [-0.2, 0) is 9.53 Å². The number of thiocarbonyl (C=S) groups is 1. The normalized spacial score (nSPS) is 21.8. The number of carbonyl (C=O) groups excluding carboxylic acids is 1. The van der Waals surface area contributed by atoms with E-state index in [1.54, 1.807) is 48.5 Å². The summed E-state index contributed by atoms with van der Waals surface area (Å²) in [5.74, 6) is -0.447. The van der Waals surface area contributed by atoms with Crippen LogP contribution in [0.25, 0.3) is 0 Å². The molecule has 2 aromatic rings. The fourth-order valence-electron chi connectivity index (χ4n) is 2.52. The van der Waals surface area contributed by atoms with Crippen LogP contribution in [-0.4, -0.2) is 21.8 Å². The number of nitrogens with zero attached hydrogens (tertiary/aromatic N) is 1. The molecule has 7 heteroatoms. The summed E-state index contributed by atoms with van der Waals surface area (Å²) in [4.78, 5) is 14.2. The molecule has 0 aliphatic carbocycles. The van der Waals surface area contributed by atoms with Gasteiger partial charge in [-0.2, -0.15) is 0 Å². The summed E-state index contributed by atoms with van der Waals surface area (Å²) in [5, 5.41) is 11.7. The van der Waals surface area contributed by atoms with E-state index in [9.17, 15) is 9.90 Å². The molecule has 2 atom stereocenters. The van der Waals surface area contributed by atoms with Gasteiger partial charge in [-0.25, -0.2) is 4.90 Å². The smallest absolute Gasteiger partial charge is 0.281 e. The minimum absolute atomic E-state index is 0.0159. The van der Waals surface area contributed by atoms with E-state index in [-0.39, 0.29) is 5.17 Å². The van der Waals surface area contributed by atoms with E-state index in [0.717, 1.165) is 0 Å². The predicted octanol–water partition coefficient (Wildman–Crippen LogP) is 4.13. The van der Waals surface area contributed by atoms with Crippen molar-refractivity contribution in [3.8, 4) is 0 Å². The number of halogens is 2. The second kappa shape index (κ2) is 6.33. The maximum Gasteiger partial charge on any atom is 0.281 e. The van der Waals surface area contributed by atoms with Crippen LogP contribution in [0.3, 0.4) is 0 Å². The molecule has 2 unspecified atom stereocenters. The lowest BCUT2D eigenvalue weighted by Gasteiger charge is -2.26. The minimum Gasteiger partial charge on any atom is -0.451 e. The van der Waals surface area contributed by atoms with Gasteiger partial charge in [-0.15, -0.1) is 0 Å². The van der Waals surface area contributed by atoms with Gasteiger partial charge >= 0.3 is 0 Å². The van der Waals surface area contributed by atoms with Gasteiger partial charge < -0.3 is 9.84 Å². The van der Waals surface area contributed by atoms with E-state index in [2.05, 4.69) is 0 Å². The molecular formula is C17H13Cl2NO3S. The summed E-state index contributed by atoms with van der Waals surface area (Å²) in [6.45, 7) is 1.51. The Kier molecular flexibility index (Phi) is 4.53. The number of hydrogen-bond acceptors (Lipinski definition) is 4. The van der Waals surface area contributed by atoms with Crippen molar-refractivity contribution in [1.82, 2.24) is 0 Å². The molecule has 1 aliphatic heterocycles. The molecule has 1 amide bonds. The van der Waals surface area contributed by atoms with Gasteiger partial charge in [0.15, 0.2) is 0 Å². The highest BCUT2D eigenvalue weighted by molar-refractivity contribution is 7.80. The van der Waals surface area contributed by atoms with Crippen LogP contribution in [0.4, 0.5) is 5.69 Å². The molecule has 0 saturated carbocycles. The lowest BCUT2D eigenvalue weighted by molar-refractivity contribution is -0.137. The Labute approximate surface area is 154 Å². The van der Waals surface area contributed by atoms with Crippen molar-refractivity contribution >= 4 is 52.2 Å². The summed E-state index contributed by atoms with van der Waals surface area (Å²) in [5.41, 5.74) is -0.484. The first-order valence-corrected chi connectivity index (χ1v) is 8.26. The molecule has 4 nitrogen and oxygen atoms in total. The molecular weight excluding hydrogens is 369 g/mol. The Morgan fingerprint density at radius 1 is 1.08 bits per heavy atom. The average molecular weight is 382 g/mol. The van der Waals surface area contributed by atoms with E-state index in [1.807, 2.05) is 0 Å². The van der Waals surface area contributed by atoms with Crippen LogP contribution >= 0.6 is 35.4 Å². The molecule has 0 radical (unpaired) electrons. The zero-order valence-electron chi connectivity index (χ0n) is 12.6. The standard InChI is InChI=1S/C17H13Cl2NO3S/c1-17(14(21)10-2-4-11(18)5-3-10)15(22)20(16(24)23-17)13-8-6-12(19)7-9-13/h2-9,14,21H,1H3. The molecule has 1 saturated heterocycles. The van der Waals surface area contributed by atoms with Crippen molar-refractivity contribution in [2.24, 2.45) is 0 Å². The molecule has 1 N–H and O–H groups in total. The quantitative estimate of drug-likeness (QED) is 0.811. The van der Waals surface area contributed by atoms with Gasteiger partial charge in [-0.05, 0) is 61.1 Å². The van der Waals surface area contributed by atoms with Crippen LogP contribution in [0.1, 0.15) is 18.6 Å². The zero-order chi connectivity index (χ0) is 17.5. The lowest BCUT2D eigenvalue weighted by Crippen LogP contribution is -2.43. The first-order valence-electron chi connectivity index (χ1n) is 7.09. The minimum atomic E-state index is -1.52. The Morgan fingerprint density at radius 2 is 1.58 bits per heavy atom. The highest BCUT2D eigenvalue weighted by Crippen LogP contribution is 2.38. The van der Waals surface area contributed by atoms with Crippen LogP contribution in [0.2, 0.25) is 10.0 Å². The van der Waals surface area contributed by atoms with Crippen molar-refractivity contribution < 1.29 is 14.6 Å². The fraction of sp³-hybridized carbons (Fsp3) is 0.176. The molecule has 0 bridgehead atoms. The Hall–Kier alpha value is -1.66.